The number of benzene rings is 2. The number of rotatable bonds is 6. The van der Waals surface area contributed by atoms with Gasteiger partial charge in [0.15, 0.2) is 0 Å². The van der Waals surface area contributed by atoms with Crippen molar-refractivity contribution in [3.8, 4) is 0 Å². The standard InChI is InChI=1S/C24H26N4O4S/c1-17-16-18(2)26-23(25-17)28-33(30,31)21-10-8-20(9-11-21)27-22(29)24(12-14-32-15-13-24)19-6-4-3-5-7-19/h3-11,16H,12-15H2,1-2H3,(H,27,29)(H,25,26,28). The van der Waals surface area contributed by atoms with Crippen LogP contribution < -0.4 is 10.0 Å². The maximum absolute atomic E-state index is 13.4. The number of nitrogens with one attached hydrogen (secondary N) is 2. The molecule has 0 saturated carbocycles. The number of anilines is 2. The van der Waals surface area contributed by atoms with Crippen LogP contribution in [-0.4, -0.2) is 37.5 Å². The highest BCUT2D eigenvalue weighted by atomic mass is 32.2. The van der Waals surface area contributed by atoms with Crippen molar-refractivity contribution in [2.24, 2.45) is 0 Å². The summed E-state index contributed by atoms with van der Waals surface area (Å²) >= 11 is 0. The number of carbonyl (C=O) groups excluding carboxylic acids is 1. The van der Waals surface area contributed by atoms with Crippen LogP contribution in [0, 0.1) is 13.8 Å². The number of aromatic nitrogens is 2. The summed E-state index contributed by atoms with van der Waals surface area (Å²) in [6.07, 6.45) is 1.16. The number of amides is 1. The monoisotopic (exact) mass is 466 g/mol. The second-order valence-corrected chi connectivity index (χ2v) is 9.80. The van der Waals surface area contributed by atoms with E-state index in [4.69, 9.17) is 4.74 Å². The Morgan fingerprint density at radius 3 is 2.15 bits per heavy atom. The Morgan fingerprint density at radius 2 is 1.55 bits per heavy atom. The Kier molecular flexibility index (Phi) is 6.44. The van der Waals surface area contributed by atoms with Gasteiger partial charge >= 0.3 is 0 Å². The first kappa shape index (κ1) is 22.9. The lowest BCUT2D eigenvalue weighted by atomic mass is 9.73. The van der Waals surface area contributed by atoms with Gasteiger partial charge in [0.05, 0.1) is 10.3 Å². The summed E-state index contributed by atoms with van der Waals surface area (Å²) in [6.45, 7) is 4.55. The fourth-order valence-electron chi connectivity index (χ4n) is 4.04. The zero-order valence-electron chi connectivity index (χ0n) is 18.5. The van der Waals surface area contributed by atoms with E-state index in [2.05, 4.69) is 20.0 Å². The van der Waals surface area contributed by atoms with E-state index in [1.54, 1.807) is 32.0 Å². The quantitative estimate of drug-likeness (QED) is 0.575. The van der Waals surface area contributed by atoms with Crippen LogP contribution in [-0.2, 0) is 25.0 Å². The van der Waals surface area contributed by atoms with Crippen molar-refractivity contribution in [2.45, 2.75) is 37.0 Å². The van der Waals surface area contributed by atoms with Gasteiger partial charge in [-0.2, -0.15) is 0 Å². The largest absolute Gasteiger partial charge is 0.381 e. The van der Waals surface area contributed by atoms with Crippen molar-refractivity contribution in [3.05, 3.63) is 77.6 Å². The van der Waals surface area contributed by atoms with Crippen molar-refractivity contribution in [2.75, 3.05) is 23.3 Å². The molecule has 9 heteroatoms. The molecule has 4 rings (SSSR count). The van der Waals surface area contributed by atoms with Crippen molar-refractivity contribution in [3.63, 3.8) is 0 Å². The fourth-order valence-corrected chi connectivity index (χ4v) is 4.99. The van der Waals surface area contributed by atoms with E-state index in [0.717, 1.165) is 5.56 Å². The molecule has 2 aromatic carbocycles. The Balaban J connectivity index is 1.52. The molecule has 0 bridgehead atoms. The van der Waals surface area contributed by atoms with E-state index in [1.165, 1.54) is 12.1 Å². The van der Waals surface area contributed by atoms with E-state index in [0.29, 0.717) is 43.1 Å². The molecule has 1 amide bonds. The first-order valence-electron chi connectivity index (χ1n) is 10.7. The Labute approximate surface area is 193 Å². The SMILES string of the molecule is Cc1cc(C)nc(NS(=O)(=O)c2ccc(NC(=O)C3(c4ccccc4)CCOCC3)cc2)n1. The minimum atomic E-state index is -3.87. The second-order valence-electron chi connectivity index (χ2n) is 8.12. The molecule has 172 valence electrons. The molecule has 0 unspecified atom stereocenters. The predicted molar refractivity (Wildman–Crippen MR) is 126 cm³/mol. The highest BCUT2D eigenvalue weighted by Crippen LogP contribution is 2.36. The van der Waals surface area contributed by atoms with Crippen LogP contribution in [0.2, 0.25) is 0 Å². The first-order valence-corrected chi connectivity index (χ1v) is 12.2. The molecule has 1 aliphatic rings. The molecular weight excluding hydrogens is 440 g/mol. The van der Waals surface area contributed by atoms with E-state index < -0.39 is 15.4 Å². The molecule has 1 aliphatic heterocycles. The molecular formula is C24H26N4O4S. The molecule has 2 heterocycles. The third-order valence-corrected chi connectivity index (χ3v) is 7.08. The Hall–Kier alpha value is -3.30. The average molecular weight is 467 g/mol. The zero-order chi connectivity index (χ0) is 23.5. The average Bonchev–Trinajstić information content (AvgIpc) is 2.79. The van der Waals surface area contributed by atoms with Gasteiger partial charge in [0.2, 0.25) is 11.9 Å². The molecule has 1 fully saturated rings. The number of ether oxygens (including phenoxy) is 1. The molecule has 8 nitrogen and oxygen atoms in total. The van der Waals surface area contributed by atoms with Crippen LogP contribution >= 0.6 is 0 Å². The number of nitrogens with zero attached hydrogens (tertiary/aromatic N) is 2. The molecule has 0 radical (unpaired) electrons. The highest BCUT2D eigenvalue weighted by Gasteiger charge is 2.41. The summed E-state index contributed by atoms with van der Waals surface area (Å²) in [5, 5.41) is 2.96. The second kappa shape index (κ2) is 9.29. The van der Waals surface area contributed by atoms with Gasteiger partial charge in [-0.05, 0) is 62.6 Å². The fraction of sp³-hybridized carbons (Fsp3) is 0.292. The minimum absolute atomic E-state index is 0.0224. The van der Waals surface area contributed by atoms with Crippen molar-refractivity contribution >= 4 is 27.6 Å². The van der Waals surface area contributed by atoms with E-state index in [-0.39, 0.29) is 16.8 Å². The molecule has 3 aromatic rings. The van der Waals surface area contributed by atoms with Crippen LogP contribution in [0.3, 0.4) is 0 Å². The maximum Gasteiger partial charge on any atom is 0.264 e. The molecule has 2 N–H and O–H groups in total. The van der Waals surface area contributed by atoms with Crippen LogP contribution in [0.25, 0.3) is 0 Å². The van der Waals surface area contributed by atoms with Crippen LogP contribution in [0.15, 0.2) is 65.6 Å². The highest BCUT2D eigenvalue weighted by molar-refractivity contribution is 7.92. The normalized spacial score (nSPS) is 15.6. The summed E-state index contributed by atoms with van der Waals surface area (Å²) < 4.78 is 33.4. The van der Waals surface area contributed by atoms with E-state index >= 15 is 0 Å². The lowest BCUT2D eigenvalue weighted by Gasteiger charge is -2.36. The summed E-state index contributed by atoms with van der Waals surface area (Å²) in [5.41, 5.74) is 2.11. The molecule has 1 saturated heterocycles. The molecule has 1 aromatic heterocycles. The number of carbonyl (C=O) groups is 1. The van der Waals surface area contributed by atoms with Gasteiger partial charge in [0, 0.05) is 30.3 Å². The van der Waals surface area contributed by atoms with Gasteiger partial charge < -0.3 is 10.1 Å². The Bertz CT molecular complexity index is 1220. The Morgan fingerprint density at radius 1 is 0.939 bits per heavy atom. The van der Waals surface area contributed by atoms with Gasteiger partial charge in [-0.25, -0.2) is 23.1 Å². The zero-order valence-corrected chi connectivity index (χ0v) is 19.4. The van der Waals surface area contributed by atoms with E-state index in [9.17, 15) is 13.2 Å². The van der Waals surface area contributed by atoms with Crippen LogP contribution in [0.5, 0.6) is 0 Å². The molecule has 0 aliphatic carbocycles. The number of hydrogen-bond donors (Lipinski definition) is 2. The third-order valence-electron chi connectivity index (χ3n) is 5.74. The molecule has 33 heavy (non-hydrogen) atoms. The predicted octanol–water partition coefficient (Wildman–Crippen LogP) is 3.58. The lowest BCUT2D eigenvalue weighted by Crippen LogP contribution is -2.44. The summed E-state index contributed by atoms with van der Waals surface area (Å²) in [7, 11) is -3.87. The number of hydrogen-bond acceptors (Lipinski definition) is 6. The van der Waals surface area contributed by atoms with Gasteiger partial charge in [0.1, 0.15) is 0 Å². The van der Waals surface area contributed by atoms with Gasteiger partial charge in [-0.1, -0.05) is 30.3 Å². The number of sulfonamides is 1. The smallest absolute Gasteiger partial charge is 0.264 e. The van der Waals surface area contributed by atoms with Crippen molar-refractivity contribution in [1.29, 1.82) is 0 Å². The van der Waals surface area contributed by atoms with Gasteiger partial charge in [-0.3, -0.25) is 4.79 Å². The summed E-state index contributed by atoms with van der Waals surface area (Å²) in [6, 6.07) is 17.5. The van der Waals surface area contributed by atoms with Gasteiger partial charge in [0.25, 0.3) is 10.0 Å². The summed E-state index contributed by atoms with van der Waals surface area (Å²) in [4.78, 5) is 21.7. The minimum Gasteiger partial charge on any atom is -0.381 e. The van der Waals surface area contributed by atoms with Gasteiger partial charge in [-0.15, -0.1) is 0 Å². The lowest BCUT2D eigenvalue weighted by molar-refractivity contribution is -0.125. The maximum atomic E-state index is 13.4. The topological polar surface area (TPSA) is 110 Å². The number of aryl methyl sites for hydroxylation is 2. The summed E-state index contributed by atoms with van der Waals surface area (Å²) in [5.74, 6) is -0.108. The van der Waals surface area contributed by atoms with Crippen LogP contribution in [0.1, 0.15) is 29.8 Å². The first-order chi connectivity index (χ1) is 15.8. The van der Waals surface area contributed by atoms with Crippen molar-refractivity contribution in [1.82, 2.24) is 9.97 Å². The van der Waals surface area contributed by atoms with Crippen molar-refractivity contribution < 1.29 is 17.9 Å². The van der Waals surface area contributed by atoms with Crippen LogP contribution in [0.4, 0.5) is 11.6 Å². The third kappa shape index (κ3) is 5.04. The molecule has 0 atom stereocenters. The molecule has 0 spiro atoms. The van der Waals surface area contributed by atoms with E-state index in [1.807, 2.05) is 30.3 Å².